The molecule has 1 aromatic rings. The smallest absolute Gasteiger partial charge is 0.0898 e. The summed E-state index contributed by atoms with van der Waals surface area (Å²) in [4.78, 5) is 4.53. The number of thiazole rings is 1. The second-order valence-electron chi connectivity index (χ2n) is 5.49. The molecular formula is C13H22N2S. The predicted octanol–water partition coefficient (Wildman–Crippen LogP) is 3.52. The Kier molecular flexibility index (Phi) is 3.65. The number of hydrogen-bond acceptors (Lipinski definition) is 3. The van der Waals surface area contributed by atoms with Crippen LogP contribution in [0.25, 0.3) is 0 Å². The lowest BCUT2D eigenvalue weighted by Crippen LogP contribution is -2.29. The van der Waals surface area contributed by atoms with Gasteiger partial charge in [-0.15, -0.1) is 11.3 Å². The van der Waals surface area contributed by atoms with Gasteiger partial charge in [-0.3, -0.25) is 0 Å². The second kappa shape index (κ2) is 4.84. The third kappa shape index (κ3) is 2.64. The van der Waals surface area contributed by atoms with E-state index >= 15 is 0 Å². The summed E-state index contributed by atoms with van der Waals surface area (Å²) in [5.41, 5.74) is 7.46. The van der Waals surface area contributed by atoms with Gasteiger partial charge in [-0.2, -0.15) is 0 Å². The van der Waals surface area contributed by atoms with E-state index < -0.39 is 0 Å². The highest BCUT2D eigenvalue weighted by Gasteiger charge is 2.29. The molecule has 0 bridgehead atoms. The maximum absolute atomic E-state index is 6.35. The Hall–Kier alpha value is -0.410. The Morgan fingerprint density at radius 1 is 1.31 bits per heavy atom. The molecule has 1 saturated carbocycles. The average molecular weight is 238 g/mol. The van der Waals surface area contributed by atoms with E-state index in [2.05, 4.69) is 24.2 Å². The first kappa shape index (κ1) is 12.1. The summed E-state index contributed by atoms with van der Waals surface area (Å²) in [6.07, 6.45) is 3.89. The molecule has 1 heterocycles. The minimum Gasteiger partial charge on any atom is -0.322 e. The molecule has 2 nitrogen and oxygen atoms in total. The molecule has 0 spiro atoms. The summed E-state index contributed by atoms with van der Waals surface area (Å²) < 4.78 is 0. The van der Waals surface area contributed by atoms with E-state index in [4.69, 9.17) is 5.73 Å². The van der Waals surface area contributed by atoms with E-state index in [9.17, 15) is 0 Å². The number of nitrogens with two attached hydrogens (primary N) is 1. The van der Waals surface area contributed by atoms with Crippen molar-refractivity contribution in [3.05, 3.63) is 16.1 Å². The zero-order valence-electron chi connectivity index (χ0n) is 10.4. The molecule has 3 atom stereocenters. The zero-order chi connectivity index (χ0) is 11.7. The van der Waals surface area contributed by atoms with Gasteiger partial charge in [0.1, 0.15) is 0 Å². The molecular weight excluding hydrogens is 216 g/mol. The lowest BCUT2D eigenvalue weighted by Gasteiger charge is -2.34. The van der Waals surface area contributed by atoms with Gasteiger partial charge in [-0.05, 0) is 43.9 Å². The Morgan fingerprint density at radius 2 is 1.94 bits per heavy atom. The van der Waals surface area contributed by atoms with E-state index in [-0.39, 0.29) is 6.04 Å². The maximum Gasteiger partial charge on any atom is 0.0898 e. The van der Waals surface area contributed by atoms with Gasteiger partial charge in [0, 0.05) is 5.38 Å². The van der Waals surface area contributed by atoms with Crippen LogP contribution in [-0.2, 0) is 0 Å². The monoisotopic (exact) mass is 238 g/mol. The highest BCUT2D eigenvalue weighted by molar-refractivity contribution is 7.09. The van der Waals surface area contributed by atoms with E-state index in [1.165, 1.54) is 19.3 Å². The summed E-state index contributed by atoms with van der Waals surface area (Å²) in [6, 6.07) is 0.148. The summed E-state index contributed by atoms with van der Waals surface area (Å²) in [6.45, 7) is 6.75. The molecule has 0 aromatic carbocycles. The lowest BCUT2D eigenvalue weighted by molar-refractivity contribution is 0.192. The molecule has 2 N–H and O–H groups in total. The number of aromatic nitrogens is 1. The molecule has 0 amide bonds. The van der Waals surface area contributed by atoms with Crippen molar-refractivity contribution in [2.24, 2.45) is 23.5 Å². The fourth-order valence-corrected chi connectivity index (χ4v) is 3.74. The SMILES string of the molecule is Cc1nc(C(N)C2CC(C)CC(C)C2)cs1. The number of aryl methyl sites for hydroxylation is 1. The largest absolute Gasteiger partial charge is 0.322 e. The van der Waals surface area contributed by atoms with Gasteiger partial charge in [0.25, 0.3) is 0 Å². The third-order valence-electron chi connectivity index (χ3n) is 3.70. The van der Waals surface area contributed by atoms with Crippen molar-refractivity contribution in [3.63, 3.8) is 0 Å². The third-order valence-corrected chi connectivity index (χ3v) is 4.49. The highest BCUT2D eigenvalue weighted by atomic mass is 32.1. The van der Waals surface area contributed by atoms with Gasteiger partial charge in [-0.25, -0.2) is 4.98 Å². The number of rotatable bonds is 2. The molecule has 90 valence electrons. The van der Waals surface area contributed by atoms with E-state index in [0.717, 1.165) is 22.5 Å². The van der Waals surface area contributed by atoms with Gasteiger partial charge < -0.3 is 5.73 Å². The van der Waals surface area contributed by atoms with Crippen molar-refractivity contribution in [1.82, 2.24) is 4.98 Å². The van der Waals surface area contributed by atoms with Crippen LogP contribution in [0.3, 0.4) is 0 Å². The van der Waals surface area contributed by atoms with E-state index in [1.807, 2.05) is 6.92 Å². The van der Waals surface area contributed by atoms with Crippen molar-refractivity contribution in [2.75, 3.05) is 0 Å². The number of hydrogen-bond donors (Lipinski definition) is 1. The number of nitrogens with zero attached hydrogens (tertiary/aromatic N) is 1. The topological polar surface area (TPSA) is 38.9 Å². The first-order chi connectivity index (χ1) is 7.56. The van der Waals surface area contributed by atoms with Crippen LogP contribution in [0.1, 0.15) is 49.9 Å². The molecule has 1 fully saturated rings. The summed E-state index contributed by atoms with van der Waals surface area (Å²) in [7, 11) is 0. The normalized spacial score (nSPS) is 32.6. The Labute approximate surface area is 102 Å². The minimum absolute atomic E-state index is 0.148. The van der Waals surface area contributed by atoms with Crippen LogP contribution >= 0.6 is 11.3 Å². The van der Waals surface area contributed by atoms with Crippen LogP contribution in [0.15, 0.2) is 5.38 Å². The fourth-order valence-electron chi connectivity index (χ4n) is 3.08. The van der Waals surface area contributed by atoms with Crippen LogP contribution in [0.5, 0.6) is 0 Å². The summed E-state index contributed by atoms with van der Waals surface area (Å²) >= 11 is 1.71. The molecule has 16 heavy (non-hydrogen) atoms. The molecule has 0 aliphatic heterocycles. The van der Waals surface area contributed by atoms with Gasteiger partial charge >= 0.3 is 0 Å². The van der Waals surface area contributed by atoms with Crippen LogP contribution in [0, 0.1) is 24.7 Å². The molecule has 1 aliphatic carbocycles. The highest BCUT2D eigenvalue weighted by Crippen LogP contribution is 2.38. The molecule has 1 aliphatic rings. The van der Waals surface area contributed by atoms with Crippen molar-refractivity contribution in [1.29, 1.82) is 0 Å². The first-order valence-corrected chi connectivity index (χ1v) is 7.11. The predicted molar refractivity (Wildman–Crippen MR) is 69.4 cm³/mol. The van der Waals surface area contributed by atoms with Crippen molar-refractivity contribution >= 4 is 11.3 Å². The van der Waals surface area contributed by atoms with E-state index in [1.54, 1.807) is 11.3 Å². The summed E-state index contributed by atoms with van der Waals surface area (Å²) in [5, 5.41) is 3.26. The minimum atomic E-state index is 0.148. The van der Waals surface area contributed by atoms with Crippen LogP contribution in [-0.4, -0.2) is 4.98 Å². The van der Waals surface area contributed by atoms with Crippen LogP contribution < -0.4 is 5.73 Å². The van der Waals surface area contributed by atoms with Crippen LogP contribution in [0.4, 0.5) is 0 Å². The van der Waals surface area contributed by atoms with E-state index in [0.29, 0.717) is 5.92 Å². The van der Waals surface area contributed by atoms with Gasteiger partial charge in [0.05, 0.1) is 16.7 Å². The van der Waals surface area contributed by atoms with Crippen molar-refractivity contribution < 1.29 is 0 Å². The van der Waals surface area contributed by atoms with Gasteiger partial charge in [0.15, 0.2) is 0 Å². The summed E-state index contributed by atoms with van der Waals surface area (Å²) in [5.74, 6) is 2.26. The fraction of sp³-hybridized carbons (Fsp3) is 0.769. The standard InChI is InChI=1S/C13H22N2S/c1-8-4-9(2)6-11(5-8)13(14)12-7-16-10(3)15-12/h7-9,11,13H,4-6,14H2,1-3H3. The molecule has 0 radical (unpaired) electrons. The first-order valence-electron chi connectivity index (χ1n) is 6.24. The van der Waals surface area contributed by atoms with Gasteiger partial charge in [-0.1, -0.05) is 13.8 Å². The lowest BCUT2D eigenvalue weighted by atomic mass is 9.73. The molecule has 0 saturated heterocycles. The Balaban J connectivity index is 2.06. The maximum atomic E-state index is 6.35. The quantitative estimate of drug-likeness (QED) is 0.856. The molecule has 3 unspecified atom stereocenters. The molecule has 3 heteroatoms. The zero-order valence-corrected chi connectivity index (χ0v) is 11.3. The van der Waals surface area contributed by atoms with Crippen molar-refractivity contribution in [2.45, 2.75) is 46.1 Å². The second-order valence-corrected chi connectivity index (χ2v) is 6.56. The van der Waals surface area contributed by atoms with Gasteiger partial charge in [0.2, 0.25) is 0 Å². The Morgan fingerprint density at radius 3 is 2.44 bits per heavy atom. The van der Waals surface area contributed by atoms with Crippen molar-refractivity contribution in [3.8, 4) is 0 Å². The average Bonchev–Trinajstić information content (AvgIpc) is 2.62. The molecule has 2 rings (SSSR count). The molecule has 1 aromatic heterocycles. The Bertz CT molecular complexity index is 337. The van der Waals surface area contributed by atoms with Crippen LogP contribution in [0.2, 0.25) is 0 Å².